The first-order valence-corrected chi connectivity index (χ1v) is 7.68. The van der Waals surface area contributed by atoms with E-state index in [1.165, 1.54) is 32.4 Å². The molecular formula is C15H30N2O. The molecule has 2 rings (SSSR count). The van der Waals surface area contributed by atoms with Crippen molar-refractivity contribution in [3.63, 3.8) is 0 Å². The highest BCUT2D eigenvalue weighted by Gasteiger charge is 2.36. The van der Waals surface area contributed by atoms with E-state index in [9.17, 15) is 0 Å². The molecule has 18 heavy (non-hydrogen) atoms. The van der Waals surface area contributed by atoms with Crippen LogP contribution in [0, 0.1) is 5.92 Å². The quantitative estimate of drug-likeness (QED) is 0.833. The molecule has 0 aliphatic carbocycles. The summed E-state index contributed by atoms with van der Waals surface area (Å²) in [5, 5.41) is 3.74. The van der Waals surface area contributed by atoms with Crippen molar-refractivity contribution in [2.24, 2.45) is 5.92 Å². The molecule has 0 radical (unpaired) electrons. The molecule has 2 aliphatic heterocycles. The smallest absolute Gasteiger partial charge is 0.0588 e. The molecule has 2 heterocycles. The van der Waals surface area contributed by atoms with E-state index in [1.807, 2.05) is 0 Å². The van der Waals surface area contributed by atoms with Gasteiger partial charge >= 0.3 is 0 Å². The van der Waals surface area contributed by atoms with Crippen LogP contribution in [0.15, 0.2) is 0 Å². The first kappa shape index (κ1) is 14.3. The highest BCUT2D eigenvalue weighted by Crippen LogP contribution is 2.26. The number of hydrogen-bond acceptors (Lipinski definition) is 3. The highest BCUT2D eigenvalue weighted by molar-refractivity contribution is 4.95. The van der Waals surface area contributed by atoms with E-state index in [0.717, 1.165) is 19.1 Å². The Labute approximate surface area is 112 Å². The molecule has 2 fully saturated rings. The SMILES string of the molecule is CCC1CNC(C)(CC)CN1CC1CCOC1C. The van der Waals surface area contributed by atoms with E-state index in [0.29, 0.717) is 17.7 Å². The van der Waals surface area contributed by atoms with Gasteiger partial charge in [0.15, 0.2) is 0 Å². The Bertz CT molecular complexity index is 271. The van der Waals surface area contributed by atoms with E-state index < -0.39 is 0 Å². The number of nitrogens with one attached hydrogen (secondary N) is 1. The van der Waals surface area contributed by atoms with Crippen LogP contribution in [0.1, 0.15) is 47.0 Å². The van der Waals surface area contributed by atoms with Crippen LogP contribution in [0.4, 0.5) is 0 Å². The highest BCUT2D eigenvalue weighted by atomic mass is 16.5. The summed E-state index contributed by atoms with van der Waals surface area (Å²) in [7, 11) is 0. The minimum absolute atomic E-state index is 0.300. The Hall–Kier alpha value is -0.120. The number of hydrogen-bond donors (Lipinski definition) is 1. The summed E-state index contributed by atoms with van der Waals surface area (Å²) in [6.07, 6.45) is 4.14. The summed E-state index contributed by atoms with van der Waals surface area (Å²) in [5.74, 6) is 0.734. The van der Waals surface area contributed by atoms with Crippen LogP contribution < -0.4 is 5.32 Å². The lowest BCUT2D eigenvalue weighted by molar-refractivity contribution is 0.0458. The van der Waals surface area contributed by atoms with Crippen molar-refractivity contribution >= 4 is 0 Å². The Balaban J connectivity index is 1.97. The first-order valence-electron chi connectivity index (χ1n) is 7.68. The molecule has 2 saturated heterocycles. The maximum absolute atomic E-state index is 5.71. The van der Waals surface area contributed by atoms with Crippen LogP contribution in [0.25, 0.3) is 0 Å². The molecule has 0 saturated carbocycles. The average Bonchev–Trinajstić information content (AvgIpc) is 2.76. The van der Waals surface area contributed by atoms with E-state index >= 15 is 0 Å². The van der Waals surface area contributed by atoms with Gasteiger partial charge in [-0.2, -0.15) is 0 Å². The van der Waals surface area contributed by atoms with Crippen LogP contribution in [-0.2, 0) is 4.74 Å². The van der Waals surface area contributed by atoms with E-state index in [4.69, 9.17) is 4.74 Å². The largest absolute Gasteiger partial charge is 0.378 e. The minimum atomic E-state index is 0.300. The van der Waals surface area contributed by atoms with Crippen molar-refractivity contribution in [3.8, 4) is 0 Å². The molecule has 4 unspecified atom stereocenters. The molecule has 4 atom stereocenters. The third-order valence-corrected chi connectivity index (χ3v) is 5.09. The van der Waals surface area contributed by atoms with Crippen molar-refractivity contribution in [2.75, 3.05) is 26.2 Å². The van der Waals surface area contributed by atoms with Crippen molar-refractivity contribution in [2.45, 2.75) is 64.6 Å². The minimum Gasteiger partial charge on any atom is -0.378 e. The Morgan fingerprint density at radius 1 is 1.39 bits per heavy atom. The molecule has 106 valence electrons. The van der Waals surface area contributed by atoms with Crippen molar-refractivity contribution in [1.29, 1.82) is 0 Å². The molecular weight excluding hydrogens is 224 g/mol. The molecule has 0 bridgehead atoms. The second-order valence-electron chi connectivity index (χ2n) is 6.41. The van der Waals surface area contributed by atoms with Gasteiger partial charge in [0, 0.05) is 37.8 Å². The van der Waals surface area contributed by atoms with Crippen molar-refractivity contribution in [1.82, 2.24) is 10.2 Å². The van der Waals surface area contributed by atoms with Crippen LogP contribution in [0.3, 0.4) is 0 Å². The maximum Gasteiger partial charge on any atom is 0.0588 e. The van der Waals surface area contributed by atoms with Crippen molar-refractivity contribution in [3.05, 3.63) is 0 Å². The van der Waals surface area contributed by atoms with Crippen LogP contribution in [0.5, 0.6) is 0 Å². The van der Waals surface area contributed by atoms with Gasteiger partial charge in [0.2, 0.25) is 0 Å². The summed E-state index contributed by atoms with van der Waals surface area (Å²) in [6, 6.07) is 0.706. The Morgan fingerprint density at radius 3 is 2.72 bits per heavy atom. The first-order chi connectivity index (χ1) is 8.58. The molecule has 0 aromatic carbocycles. The summed E-state index contributed by atoms with van der Waals surface area (Å²) >= 11 is 0. The van der Waals surface area contributed by atoms with E-state index in [1.54, 1.807) is 0 Å². The third kappa shape index (κ3) is 3.06. The van der Waals surface area contributed by atoms with Crippen molar-refractivity contribution < 1.29 is 4.74 Å². The van der Waals surface area contributed by atoms with Crippen LogP contribution in [-0.4, -0.2) is 48.8 Å². The summed E-state index contributed by atoms with van der Waals surface area (Å²) in [5.41, 5.74) is 0.300. The third-order valence-electron chi connectivity index (χ3n) is 5.09. The fourth-order valence-electron chi connectivity index (χ4n) is 3.30. The monoisotopic (exact) mass is 254 g/mol. The summed E-state index contributed by atoms with van der Waals surface area (Å²) in [4.78, 5) is 2.72. The summed E-state index contributed by atoms with van der Waals surface area (Å²) in [6.45, 7) is 13.7. The van der Waals surface area contributed by atoms with Gasteiger partial charge < -0.3 is 10.1 Å². The van der Waals surface area contributed by atoms with Crippen LogP contribution in [0.2, 0.25) is 0 Å². The second-order valence-corrected chi connectivity index (χ2v) is 6.41. The fourth-order valence-corrected chi connectivity index (χ4v) is 3.30. The number of rotatable bonds is 4. The number of nitrogens with zero attached hydrogens (tertiary/aromatic N) is 1. The second kappa shape index (κ2) is 5.89. The Morgan fingerprint density at radius 2 is 2.17 bits per heavy atom. The number of ether oxygens (including phenoxy) is 1. The van der Waals surface area contributed by atoms with Gasteiger partial charge in [-0.15, -0.1) is 0 Å². The van der Waals surface area contributed by atoms with E-state index in [2.05, 4.69) is 37.9 Å². The van der Waals surface area contributed by atoms with E-state index in [-0.39, 0.29) is 0 Å². The molecule has 0 aromatic heterocycles. The molecule has 2 aliphatic rings. The predicted octanol–water partition coefficient (Wildman–Crippen LogP) is 2.26. The lowest BCUT2D eigenvalue weighted by atomic mass is 9.91. The fraction of sp³-hybridized carbons (Fsp3) is 1.00. The summed E-state index contributed by atoms with van der Waals surface area (Å²) < 4.78 is 5.71. The lowest BCUT2D eigenvalue weighted by Gasteiger charge is -2.47. The molecule has 3 nitrogen and oxygen atoms in total. The zero-order valence-electron chi connectivity index (χ0n) is 12.5. The molecule has 0 spiro atoms. The number of piperazine rings is 1. The maximum atomic E-state index is 5.71. The standard InChI is InChI=1S/C15H30N2O/c1-5-14-9-16-15(4,6-2)11-17(14)10-13-7-8-18-12(13)3/h12-14,16H,5-11H2,1-4H3. The molecule has 0 aromatic rings. The van der Waals surface area contributed by atoms with Gasteiger partial charge in [-0.1, -0.05) is 13.8 Å². The van der Waals surface area contributed by atoms with Gasteiger partial charge in [-0.3, -0.25) is 4.90 Å². The zero-order valence-corrected chi connectivity index (χ0v) is 12.5. The topological polar surface area (TPSA) is 24.5 Å². The Kier molecular flexibility index (Phi) is 4.68. The van der Waals surface area contributed by atoms with Gasteiger partial charge in [-0.25, -0.2) is 0 Å². The molecule has 1 N–H and O–H groups in total. The van der Waals surface area contributed by atoms with Gasteiger partial charge in [-0.05, 0) is 39.0 Å². The predicted molar refractivity (Wildman–Crippen MR) is 75.9 cm³/mol. The molecule has 0 amide bonds. The van der Waals surface area contributed by atoms with Gasteiger partial charge in [0.25, 0.3) is 0 Å². The van der Waals surface area contributed by atoms with Gasteiger partial charge in [0.1, 0.15) is 0 Å². The molecule has 3 heteroatoms. The average molecular weight is 254 g/mol. The van der Waals surface area contributed by atoms with Gasteiger partial charge in [0.05, 0.1) is 6.10 Å². The lowest BCUT2D eigenvalue weighted by Crippen LogP contribution is -2.63. The zero-order chi connectivity index (χ0) is 13.2. The van der Waals surface area contributed by atoms with Crippen LogP contribution >= 0.6 is 0 Å². The normalized spacial score (nSPS) is 42.3.